The summed E-state index contributed by atoms with van der Waals surface area (Å²) in [7, 11) is 8.14. The summed E-state index contributed by atoms with van der Waals surface area (Å²) >= 11 is 0. The molecule has 0 aliphatic rings. The van der Waals surface area contributed by atoms with Crippen LogP contribution in [0.5, 0.6) is 0 Å². The largest absolute Gasteiger partial charge is 0.307 e. The van der Waals surface area contributed by atoms with Crippen molar-refractivity contribution in [2.24, 2.45) is 0 Å². The Morgan fingerprint density at radius 2 is 0.439 bits per heavy atom. The highest BCUT2D eigenvalue weighted by Crippen LogP contribution is 2.67. The minimum absolute atomic E-state index is 1.22. The lowest BCUT2D eigenvalue weighted by molar-refractivity contribution is 0.287. The van der Waals surface area contributed by atoms with Gasteiger partial charge in [0.25, 0.3) is 0 Å². The summed E-state index contributed by atoms with van der Waals surface area (Å²) in [5.74, 6) is 0. The highest BCUT2D eigenvalue weighted by Gasteiger charge is 2.55. The average molecular weight is 600 g/mol. The van der Waals surface area contributed by atoms with E-state index in [4.69, 9.17) is 0 Å². The maximum Gasteiger partial charge on any atom is 0.307 e. The molecule has 5 heteroatoms. The van der Waals surface area contributed by atoms with Crippen molar-refractivity contribution in [1.29, 1.82) is 0 Å². The van der Waals surface area contributed by atoms with Crippen molar-refractivity contribution in [3.63, 3.8) is 0 Å². The summed E-state index contributed by atoms with van der Waals surface area (Å²) in [5.41, 5.74) is 0. The predicted molar refractivity (Wildman–Crippen MR) is 191 cm³/mol. The molecule has 0 bridgehead atoms. The first-order valence-corrected chi connectivity index (χ1v) is 20.3. The van der Waals surface area contributed by atoms with Crippen LogP contribution in [0.3, 0.4) is 0 Å². The van der Waals surface area contributed by atoms with Crippen LogP contribution in [0.2, 0.25) is 0 Å². The standard InChI is InChI=1S/C36H80N4P/c1-9-13-17-21-25-29-33-37(5)41(38(6)34-30-26-22-18-14-10-2,39(7)35-31-27-23-19-15-11-3)40(8)36-32-28-24-20-16-12-4/h9-36H2,1-8H3/q+1. The van der Waals surface area contributed by atoms with Crippen molar-refractivity contribution in [3.05, 3.63) is 0 Å². The fourth-order valence-electron chi connectivity index (χ4n) is 6.58. The number of rotatable bonds is 32. The first-order valence-electron chi connectivity index (χ1n) is 18.7. The molecule has 0 saturated heterocycles. The maximum atomic E-state index is 2.85. The molecule has 0 saturated carbocycles. The zero-order valence-corrected chi connectivity index (χ0v) is 30.9. The van der Waals surface area contributed by atoms with E-state index in [9.17, 15) is 0 Å². The summed E-state index contributed by atoms with van der Waals surface area (Å²) < 4.78 is 11.4. The highest BCUT2D eigenvalue weighted by atomic mass is 31.2. The SMILES string of the molecule is CCCCCCCCN(C)[P+](N(C)CCCCCCCC)(N(C)CCCCCCCC)N(C)CCCCCCCC. The van der Waals surface area contributed by atoms with Crippen LogP contribution < -0.4 is 0 Å². The van der Waals surface area contributed by atoms with Crippen molar-refractivity contribution in [2.75, 3.05) is 54.4 Å². The quantitative estimate of drug-likeness (QED) is 0.0563. The van der Waals surface area contributed by atoms with Crippen LogP contribution in [-0.2, 0) is 0 Å². The van der Waals surface area contributed by atoms with Crippen molar-refractivity contribution >= 4 is 7.87 Å². The molecule has 0 amide bonds. The second-order valence-electron chi connectivity index (χ2n) is 13.1. The molecule has 0 N–H and O–H groups in total. The summed E-state index contributed by atoms with van der Waals surface area (Å²) in [5, 5.41) is 0. The smallest absolute Gasteiger partial charge is 0.136 e. The van der Waals surface area contributed by atoms with Gasteiger partial charge >= 0.3 is 7.87 Å². The van der Waals surface area contributed by atoms with Gasteiger partial charge in [-0.15, -0.1) is 18.7 Å². The topological polar surface area (TPSA) is 13.0 Å². The van der Waals surface area contributed by atoms with E-state index in [0.29, 0.717) is 0 Å². The third kappa shape index (κ3) is 18.6. The van der Waals surface area contributed by atoms with Crippen LogP contribution in [0, 0.1) is 0 Å². The molecule has 0 aromatic carbocycles. The van der Waals surface area contributed by atoms with Crippen molar-refractivity contribution in [3.8, 4) is 0 Å². The number of nitrogens with zero attached hydrogens (tertiary/aromatic N) is 4. The summed E-state index contributed by atoms with van der Waals surface area (Å²) in [6.45, 7) is 14.2. The van der Waals surface area contributed by atoms with Crippen LogP contribution >= 0.6 is 7.87 Å². The molecule has 0 radical (unpaired) electrons. The van der Waals surface area contributed by atoms with Gasteiger partial charge in [0.1, 0.15) is 0 Å². The van der Waals surface area contributed by atoms with E-state index in [1.807, 2.05) is 0 Å². The lowest BCUT2D eigenvalue weighted by atomic mass is 10.1. The average Bonchev–Trinajstić information content (AvgIpc) is 2.96. The number of hydrogen-bond donors (Lipinski definition) is 0. The molecular weight excluding hydrogens is 519 g/mol. The minimum Gasteiger partial charge on any atom is -0.136 e. The van der Waals surface area contributed by atoms with Gasteiger partial charge in [-0.1, -0.05) is 156 Å². The Bertz CT molecular complexity index is 438. The van der Waals surface area contributed by atoms with Gasteiger partial charge in [0, 0.05) is 54.4 Å². The van der Waals surface area contributed by atoms with Crippen molar-refractivity contribution in [2.45, 2.75) is 182 Å². The Labute approximate surface area is 262 Å². The predicted octanol–water partition coefficient (Wildman–Crippen LogP) is 11.8. The van der Waals surface area contributed by atoms with Gasteiger partial charge in [-0.3, -0.25) is 0 Å². The summed E-state index contributed by atoms with van der Waals surface area (Å²) in [6.07, 6.45) is 33.1. The lowest BCUT2D eigenvalue weighted by Gasteiger charge is -2.47. The van der Waals surface area contributed by atoms with Gasteiger partial charge in [-0.2, -0.15) is 0 Å². The minimum atomic E-state index is -1.77. The molecule has 0 aromatic heterocycles. The Morgan fingerprint density at radius 3 is 0.634 bits per heavy atom. The molecule has 4 nitrogen and oxygen atoms in total. The van der Waals surface area contributed by atoms with Gasteiger partial charge < -0.3 is 0 Å². The van der Waals surface area contributed by atoms with E-state index in [1.165, 1.54) is 180 Å². The first kappa shape index (κ1) is 41.3. The van der Waals surface area contributed by atoms with Gasteiger partial charge in [0.05, 0.1) is 0 Å². The van der Waals surface area contributed by atoms with Crippen LogP contribution in [0.15, 0.2) is 0 Å². The molecule has 0 aromatic rings. The molecule has 0 unspecified atom stereocenters. The zero-order chi connectivity index (χ0) is 30.6. The van der Waals surface area contributed by atoms with Crippen LogP contribution in [0.1, 0.15) is 182 Å². The molecule has 0 atom stereocenters. The maximum absolute atomic E-state index is 2.85. The Morgan fingerprint density at radius 1 is 0.268 bits per heavy atom. The Kier molecular flexibility index (Phi) is 29.2. The highest BCUT2D eigenvalue weighted by molar-refractivity contribution is 7.66. The zero-order valence-electron chi connectivity index (χ0n) is 30.0. The van der Waals surface area contributed by atoms with E-state index in [0.717, 1.165) is 0 Å². The summed E-state index contributed by atoms with van der Waals surface area (Å²) in [6, 6.07) is 0. The van der Waals surface area contributed by atoms with Crippen molar-refractivity contribution < 1.29 is 0 Å². The molecule has 41 heavy (non-hydrogen) atoms. The third-order valence-corrected chi connectivity index (χ3v) is 13.6. The number of hydrogen-bond acceptors (Lipinski definition) is 4. The van der Waals surface area contributed by atoms with Gasteiger partial charge in [0.15, 0.2) is 0 Å². The lowest BCUT2D eigenvalue weighted by Crippen LogP contribution is -2.49. The monoisotopic (exact) mass is 600 g/mol. The molecule has 0 rings (SSSR count). The van der Waals surface area contributed by atoms with Crippen LogP contribution in [0.4, 0.5) is 0 Å². The first-order chi connectivity index (χ1) is 19.9. The van der Waals surface area contributed by atoms with E-state index in [-0.39, 0.29) is 0 Å². The normalized spacial score (nSPS) is 12.6. The van der Waals surface area contributed by atoms with Crippen molar-refractivity contribution in [1.82, 2.24) is 18.7 Å². The fourth-order valence-corrected chi connectivity index (χ4v) is 11.4. The van der Waals surface area contributed by atoms with E-state index >= 15 is 0 Å². The second kappa shape index (κ2) is 29.0. The fraction of sp³-hybridized carbons (Fsp3) is 1.00. The second-order valence-corrected chi connectivity index (χ2v) is 16.9. The van der Waals surface area contributed by atoms with E-state index in [2.05, 4.69) is 74.6 Å². The third-order valence-electron chi connectivity index (χ3n) is 9.17. The van der Waals surface area contributed by atoms with Gasteiger partial charge in [-0.05, 0) is 25.7 Å². The van der Waals surface area contributed by atoms with E-state index in [1.54, 1.807) is 0 Å². The molecule has 0 heterocycles. The Balaban J connectivity index is 5.65. The molecule has 0 aliphatic carbocycles. The van der Waals surface area contributed by atoms with Crippen LogP contribution in [0.25, 0.3) is 0 Å². The van der Waals surface area contributed by atoms with E-state index < -0.39 is 7.87 Å². The molecule has 0 spiro atoms. The van der Waals surface area contributed by atoms with Gasteiger partial charge in [-0.25, -0.2) is 0 Å². The number of unbranched alkanes of at least 4 members (excludes halogenated alkanes) is 20. The summed E-state index contributed by atoms with van der Waals surface area (Å²) in [4.78, 5) is 0. The molecule has 248 valence electrons. The molecule has 0 fully saturated rings. The molecule has 0 aliphatic heterocycles. The van der Waals surface area contributed by atoms with Crippen LogP contribution in [-0.4, -0.2) is 73.1 Å². The van der Waals surface area contributed by atoms with Gasteiger partial charge in [0.2, 0.25) is 0 Å². The Hall–Kier alpha value is 0.270. The molecular formula is C36H80N4P+.